The van der Waals surface area contributed by atoms with Crippen LogP contribution in [0.3, 0.4) is 0 Å². The summed E-state index contributed by atoms with van der Waals surface area (Å²) in [6.07, 6.45) is 2.92. The number of nitrogens with zero attached hydrogens (tertiary/aromatic N) is 4. The van der Waals surface area contributed by atoms with E-state index in [4.69, 9.17) is 4.99 Å². The average Bonchev–Trinajstić information content (AvgIpc) is 3.72. The summed E-state index contributed by atoms with van der Waals surface area (Å²) in [4.78, 5) is 9.71. The van der Waals surface area contributed by atoms with Crippen molar-refractivity contribution in [3.63, 3.8) is 0 Å². The van der Waals surface area contributed by atoms with Gasteiger partial charge in [0, 0.05) is 44.0 Å². The van der Waals surface area contributed by atoms with Crippen LogP contribution in [0.5, 0.6) is 0 Å². The van der Waals surface area contributed by atoms with Crippen molar-refractivity contribution in [2.45, 2.75) is 6.42 Å². The van der Waals surface area contributed by atoms with E-state index in [0.717, 1.165) is 50.3 Å². The van der Waals surface area contributed by atoms with Gasteiger partial charge in [0.25, 0.3) is 0 Å². The molecule has 0 unspecified atom stereocenters. The molecule has 51 heavy (non-hydrogen) atoms. The lowest BCUT2D eigenvalue weighted by Gasteiger charge is -2.16. The summed E-state index contributed by atoms with van der Waals surface area (Å²) < 4.78 is 4.77. The van der Waals surface area contributed by atoms with Gasteiger partial charge in [-0.1, -0.05) is 140 Å². The molecule has 0 bridgehead atoms. The van der Waals surface area contributed by atoms with E-state index in [1.165, 1.54) is 27.1 Å². The predicted molar refractivity (Wildman–Crippen MR) is 216 cm³/mol. The quantitative estimate of drug-likeness (QED) is 0.121. The largest absolute Gasteiger partial charge is 0.309 e. The van der Waals surface area contributed by atoms with Crippen molar-refractivity contribution in [3.8, 4) is 11.4 Å². The van der Waals surface area contributed by atoms with E-state index in [9.17, 15) is 0 Å². The molecule has 242 valence electrons. The SMILES string of the molecule is C=NC(=N/C(=C\Cc1ccccc1)c1cc(-n2c3ccccc3c3ccccc32)cc(-n2c3ccccc3c3ccccc32)c1)c1ccccc1. The van der Waals surface area contributed by atoms with Gasteiger partial charge in [-0.15, -0.1) is 0 Å². The lowest BCUT2D eigenvalue weighted by Crippen LogP contribution is -2.02. The standard InChI is InChI=1S/C47H34N4/c1-48-47(34-18-6-3-7-19-34)49-42(29-28-33-16-4-2-5-17-33)35-30-36(50-43-24-12-8-20-38(43)39-21-9-13-25-44(39)50)32-37(31-35)51-45-26-14-10-22-40(45)41-23-11-15-27-46(41)51/h2-27,29-32H,1,28H2/b42-29-,49-47?. The Balaban J connectivity index is 1.36. The smallest absolute Gasteiger partial charge is 0.159 e. The van der Waals surface area contributed by atoms with Crippen molar-refractivity contribution in [2.24, 2.45) is 9.98 Å². The van der Waals surface area contributed by atoms with Crippen molar-refractivity contribution in [1.82, 2.24) is 9.13 Å². The molecule has 0 fully saturated rings. The molecule has 4 nitrogen and oxygen atoms in total. The molecule has 7 aromatic carbocycles. The molecular weight excluding hydrogens is 621 g/mol. The molecule has 0 aliphatic heterocycles. The maximum atomic E-state index is 5.27. The molecule has 0 atom stereocenters. The normalized spacial score (nSPS) is 12.3. The van der Waals surface area contributed by atoms with Crippen molar-refractivity contribution < 1.29 is 0 Å². The van der Waals surface area contributed by atoms with Crippen LogP contribution in [-0.4, -0.2) is 21.7 Å². The molecule has 9 aromatic rings. The number of rotatable bonds is 7. The van der Waals surface area contributed by atoms with E-state index in [1.807, 2.05) is 30.3 Å². The fourth-order valence-corrected chi connectivity index (χ4v) is 7.35. The maximum Gasteiger partial charge on any atom is 0.159 e. The third kappa shape index (κ3) is 5.44. The Kier molecular flexibility index (Phi) is 7.67. The maximum absolute atomic E-state index is 5.27. The van der Waals surface area contributed by atoms with E-state index >= 15 is 0 Å². The number of aromatic nitrogens is 2. The van der Waals surface area contributed by atoms with Gasteiger partial charge in [0.05, 0.1) is 27.8 Å². The zero-order valence-electron chi connectivity index (χ0n) is 28.0. The number of hydrogen-bond donors (Lipinski definition) is 0. The van der Waals surface area contributed by atoms with Gasteiger partial charge in [0.2, 0.25) is 0 Å². The first-order valence-corrected chi connectivity index (χ1v) is 17.2. The molecule has 0 amide bonds. The lowest BCUT2D eigenvalue weighted by molar-refractivity contribution is 1.13. The first kappa shape index (κ1) is 30.3. The minimum absolute atomic E-state index is 0.579. The van der Waals surface area contributed by atoms with Crippen LogP contribution in [0.2, 0.25) is 0 Å². The van der Waals surface area contributed by atoms with Crippen molar-refractivity contribution in [3.05, 3.63) is 199 Å². The topological polar surface area (TPSA) is 34.6 Å². The zero-order valence-corrected chi connectivity index (χ0v) is 28.0. The second-order valence-electron chi connectivity index (χ2n) is 12.7. The van der Waals surface area contributed by atoms with Gasteiger partial charge in [-0.05, 0) is 61.2 Å². The van der Waals surface area contributed by atoms with Crippen molar-refractivity contribution in [2.75, 3.05) is 0 Å². The summed E-state index contributed by atoms with van der Waals surface area (Å²) >= 11 is 0. The Morgan fingerprint density at radius 2 is 0.882 bits per heavy atom. The Morgan fingerprint density at radius 1 is 0.471 bits per heavy atom. The Bertz CT molecular complexity index is 2540. The van der Waals surface area contributed by atoms with Gasteiger partial charge in [-0.25, -0.2) is 9.98 Å². The van der Waals surface area contributed by atoms with Crippen LogP contribution in [0.4, 0.5) is 0 Å². The highest BCUT2D eigenvalue weighted by molar-refractivity contribution is 6.11. The van der Waals surface area contributed by atoms with Crippen LogP contribution in [-0.2, 0) is 6.42 Å². The molecule has 0 spiro atoms. The number of para-hydroxylation sites is 4. The predicted octanol–water partition coefficient (Wildman–Crippen LogP) is 11.6. The van der Waals surface area contributed by atoms with Crippen LogP contribution < -0.4 is 0 Å². The van der Waals surface area contributed by atoms with Crippen LogP contribution in [0.1, 0.15) is 16.7 Å². The van der Waals surface area contributed by atoms with E-state index in [0.29, 0.717) is 12.3 Å². The highest BCUT2D eigenvalue weighted by Crippen LogP contribution is 2.37. The average molecular weight is 655 g/mol. The van der Waals surface area contributed by atoms with Gasteiger partial charge in [0.1, 0.15) is 0 Å². The van der Waals surface area contributed by atoms with Gasteiger partial charge in [0.15, 0.2) is 5.84 Å². The van der Waals surface area contributed by atoms with Gasteiger partial charge >= 0.3 is 0 Å². The van der Waals surface area contributed by atoms with E-state index < -0.39 is 0 Å². The molecule has 4 heteroatoms. The summed E-state index contributed by atoms with van der Waals surface area (Å²) in [6, 6.07) is 62.1. The number of amidine groups is 1. The van der Waals surface area contributed by atoms with Gasteiger partial charge in [-0.2, -0.15) is 0 Å². The zero-order chi connectivity index (χ0) is 34.1. The molecule has 0 saturated heterocycles. The van der Waals surface area contributed by atoms with Gasteiger partial charge in [-0.3, -0.25) is 0 Å². The number of hydrogen-bond acceptors (Lipinski definition) is 1. The minimum atomic E-state index is 0.579. The molecule has 0 aliphatic carbocycles. The Hall–Kier alpha value is -6.78. The Morgan fingerprint density at radius 3 is 1.33 bits per heavy atom. The molecular formula is C47H34N4. The van der Waals surface area contributed by atoms with Crippen LogP contribution in [0.25, 0.3) is 60.7 Å². The first-order valence-electron chi connectivity index (χ1n) is 17.2. The summed E-state index contributed by atoms with van der Waals surface area (Å²) in [6.45, 7) is 3.94. The highest BCUT2D eigenvalue weighted by Gasteiger charge is 2.18. The third-order valence-electron chi connectivity index (χ3n) is 9.66. The van der Waals surface area contributed by atoms with Crippen LogP contribution in [0, 0.1) is 0 Å². The van der Waals surface area contributed by atoms with Crippen molar-refractivity contribution >= 4 is 61.9 Å². The molecule has 0 aliphatic rings. The molecule has 0 saturated carbocycles. The number of allylic oxidation sites excluding steroid dienone is 1. The second kappa shape index (κ2) is 12.9. The molecule has 9 rings (SSSR count). The van der Waals surface area contributed by atoms with Crippen LogP contribution in [0.15, 0.2) is 192 Å². The molecule has 0 N–H and O–H groups in total. The van der Waals surface area contributed by atoms with E-state index in [-0.39, 0.29) is 0 Å². The minimum Gasteiger partial charge on any atom is -0.309 e. The molecule has 2 heterocycles. The van der Waals surface area contributed by atoms with E-state index in [2.05, 4.69) is 173 Å². The number of fused-ring (bicyclic) bond motifs is 6. The first-order chi connectivity index (χ1) is 25.3. The monoisotopic (exact) mass is 654 g/mol. The fourth-order valence-electron chi connectivity index (χ4n) is 7.35. The third-order valence-corrected chi connectivity index (χ3v) is 9.66. The summed E-state index contributed by atoms with van der Waals surface area (Å²) in [5.74, 6) is 0.579. The molecule has 0 radical (unpaired) electrons. The van der Waals surface area contributed by atoms with E-state index in [1.54, 1.807) is 0 Å². The number of benzene rings is 7. The van der Waals surface area contributed by atoms with Crippen molar-refractivity contribution in [1.29, 1.82) is 0 Å². The highest BCUT2D eigenvalue weighted by atomic mass is 15.0. The fraction of sp³-hybridized carbons (Fsp3) is 0.0213. The second-order valence-corrected chi connectivity index (χ2v) is 12.7. The van der Waals surface area contributed by atoms with Crippen LogP contribution >= 0.6 is 0 Å². The van der Waals surface area contributed by atoms with Gasteiger partial charge < -0.3 is 9.13 Å². The molecule has 2 aromatic heterocycles. The lowest BCUT2D eigenvalue weighted by atomic mass is 10.1. The number of aliphatic imine (C=N–C) groups is 2. The Labute approximate surface area is 296 Å². The summed E-state index contributed by atoms with van der Waals surface area (Å²) in [5.41, 5.74) is 10.7. The summed E-state index contributed by atoms with van der Waals surface area (Å²) in [7, 11) is 0. The summed E-state index contributed by atoms with van der Waals surface area (Å²) in [5, 5.41) is 4.88.